The van der Waals surface area contributed by atoms with Crippen molar-refractivity contribution < 1.29 is 18.7 Å². The Hall–Kier alpha value is -3.39. The van der Waals surface area contributed by atoms with Gasteiger partial charge in [0, 0.05) is 24.6 Å². The van der Waals surface area contributed by atoms with Gasteiger partial charge in [0.25, 0.3) is 5.91 Å². The number of likely N-dealkylation sites (tertiary alicyclic amines) is 1. The molecule has 0 spiro atoms. The number of rotatable bonds is 6. The van der Waals surface area contributed by atoms with Gasteiger partial charge in [-0.2, -0.15) is 0 Å². The molecule has 7 nitrogen and oxygen atoms in total. The molecule has 9 heteroatoms. The number of carbonyl (C=O) groups excluding carboxylic acids is 2. The van der Waals surface area contributed by atoms with Gasteiger partial charge in [-0.1, -0.05) is 24.6 Å². The zero-order valence-corrected chi connectivity index (χ0v) is 18.1. The van der Waals surface area contributed by atoms with Crippen LogP contribution in [0.4, 0.5) is 4.39 Å². The molecular formula is C23H20ClFN4O3. The van der Waals surface area contributed by atoms with Gasteiger partial charge < -0.3 is 9.64 Å². The summed E-state index contributed by atoms with van der Waals surface area (Å²) in [5, 5.41) is 0.330. The summed E-state index contributed by atoms with van der Waals surface area (Å²) in [4.78, 5) is 38.1. The quantitative estimate of drug-likeness (QED) is 0.404. The summed E-state index contributed by atoms with van der Waals surface area (Å²) in [6.45, 7) is 2.89. The number of amides is 1. The Kier molecular flexibility index (Phi) is 6.41. The molecule has 164 valence electrons. The van der Waals surface area contributed by atoms with Gasteiger partial charge >= 0.3 is 0 Å². The van der Waals surface area contributed by atoms with E-state index in [1.54, 1.807) is 17.0 Å². The first-order chi connectivity index (χ1) is 15.5. The molecule has 1 amide bonds. The summed E-state index contributed by atoms with van der Waals surface area (Å²) in [5.41, 5.74) is 2.21. The molecular weight excluding hydrogens is 435 g/mol. The predicted molar refractivity (Wildman–Crippen MR) is 116 cm³/mol. The number of aromatic nitrogens is 3. The molecule has 0 saturated carbocycles. The van der Waals surface area contributed by atoms with Crippen molar-refractivity contribution in [2.75, 3.05) is 13.1 Å². The van der Waals surface area contributed by atoms with Crippen molar-refractivity contribution in [1.82, 2.24) is 19.9 Å². The van der Waals surface area contributed by atoms with Crippen LogP contribution in [0.5, 0.6) is 11.6 Å². The number of pyridine rings is 1. The maximum Gasteiger partial charge on any atom is 0.272 e. The Bertz CT molecular complexity index is 1160. The number of hydrogen-bond acceptors (Lipinski definition) is 6. The van der Waals surface area contributed by atoms with Gasteiger partial charge in [-0.3, -0.25) is 9.59 Å². The molecule has 0 N–H and O–H groups in total. The molecule has 0 bridgehead atoms. The van der Waals surface area contributed by atoms with E-state index < -0.39 is 5.82 Å². The minimum absolute atomic E-state index is 0.00616. The fraction of sp³-hybridized carbons (Fsp3) is 0.261. The Balaban J connectivity index is 1.51. The van der Waals surface area contributed by atoms with Gasteiger partial charge in [0.05, 0.1) is 11.8 Å². The third-order valence-electron chi connectivity index (χ3n) is 5.47. The van der Waals surface area contributed by atoms with Crippen LogP contribution in [0.25, 0.3) is 0 Å². The predicted octanol–water partition coefficient (Wildman–Crippen LogP) is 4.46. The van der Waals surface area contributed by atoms with E-state index in [9.17, 15) is 14.0 Å². The topological polar surface area (TPSA) is 85.3 Å². The van der Waals surface area contributed by atoms with Crippen molar-refractivity contribution in [3.8, 4) is 11.6 Å². The molecule has 1 aliphatic rings. The largest absolute Gasteiger partial charge is 0.439 e. The van der Waals surface area contributed by atoms with Crippen LogP contribution < -0.4 is 4.74 Å². The van der Waals surface area contributed by atoms with Crippen molar-refractivity contribution >= 4 is 23.8 Å². The highest BCUT2D eigenvalue weighted by Gasteiger charge is 2.30. The average molecular weight is 455 g/mol. The number of halogens is 2. The number of nitrogens with zero attached hydrogens (tertiary/aromatic N) is 4. The Labute approximate surface area is 189 Å². The van der Waals surface area contributed by atoms with Crippen LogP contribution in [0.15, 0.2) is 42.9 Å². The van der Waals surface area contributed by atoms with Crippen molar-refractivity contribution in [3.63, 3.8) is 0 Å². The van der Waals surface area contributed by atoms with Gasteiger partial charge in [-0.05, 0) is 42.7 Å². The van der Waals surface area contributed by atoms with E-state index in [0.717, 1.165) is 18.0 Å². The molecule has 0 aliphatic carbocycles. The fourth-order valence-electron chi connectivity index (χ4n) is 3.83. The summed E-state index contributed by atoms with van der Waals surface area (Å²) in [6.07, 6.45) is 4.44. The molecule has 1 fully saturated rings. The molecule has 0 radical (unpaired) electrons. The lowest BCUT2D eigenvalue weighted by Gasteiger charge is -2.17. The highest BCUT2D eigenvalue weighted by molar-refractivity contribution is 6.30. The molecule has 1 saturated heterocycles. The van der Waals surface area contributed by atoms with Crippen LogP contribution in [0.3, 0.4) is 0 Å². The maximum atomic E-state index is 13.1. The number of hydrogen-bond donors (Lipinski definition) is 0. The fourth-order valence-corrected chi connectivity index (χ4v) is 4.08. The van der Waals surface area contributed by atoms with Crippen molar-refractivity contribution in [2.24, 2.45) is 0 Å². The molecule has 2 aromatic heterocycles. The van der Waals surface area contributed by atoms with Crippen molar-refractivity contribution in [2.45, 2.75) is 25.7 Å². The number of ether oxygens (including phenoxy) is 1. The SMILES string of the molecule is CCc1c(Cl)ncnc1Oc1ccc(C2CCN(C(=O)c3ccc(F)cn3)C2)c(C=O)c1. The van der Waals surface area contributed by atoms with Crippen molar-refractivity contribution in [1.29, 1.82) is 0 Å². The lowest BCUT2D eigenvalue weighted by atomic mass is 9.94. The minimum atomic E-state index is -0.492. The van der Waals surface area contributed by atoms with E-state index in [1.165, 1.54) is 18.5 Å². The van der Waals surface area contributed by atoms with Gasteiger partial charge in [-0.15, -0.1) is 0 Å². The molecule has 32 heavy (non-hydrogen) atoms. The second-order valence-corrected chi connectivity index (χ2v) is 7.77. The molecule has 1 unspecified atom stereocenters. The average Bonchev–Trinajstić information content (AvgIpc) is 3.29. The maximum absolute atomic E-state index is 13.1. The first kappa shape index (κ1) is 21.8. The lowest BCUT2D eigenvalue weighted by molar-refractivity contribution is 0.0785. The van der Waals surface area contributed by atoms with E-state index in [4.69, 9.17) is 16.3 Å². The van der Waals surface area contributed by atoms with E-state index in [-0.39, 0.29) is 17.5 Å². The van der Waals surface area contributed by atoms with E-state index in [0.29, 0.717) is 53.8 Å². The molecule has 4 rings (SSSR count). The third kappa shape index (κ3) is 4.45. The highest BCUT2D eigenvalue weighted by atomic mass is 35.5. The lowest BCUT2D eigenvalue weighted by Crippen LogP contribution is -2.29. The van der Waals surface area contributed by atoms with E-state index in [2.05, 4.69) is 15.0 Å². The zero-order valence-electron chi connectivity index (χ0n) is 17.3. The van der Waals surface area contributed by atoms with Crippen LogP contribution in [-0.4, -0.2) is 45.1 Å². The summed E-state index contributed by atoms with van der Waals surface area (Å²) in [6, 6.07) is 7.85. The van der Waals surface area contributed by atoms with Crippen molar-refractivity contribution in [3.05, 3.63) is 76.2 Å². The Morgan fingerprint density at radius 1 is 1.28 bits per heavy atom. The van der Waals surface area contributed by atoms with Crippen LogP contribution >= 0.6 is 11.6 Å². The van der Waals surface area contributed by atoms with Crippen LogP contribution in [0, 0.1) is 5.82 Å². The van der Waals surface area contributed by atoms with Gasteiger partial charge in [0.1, 0.15) is 35.0 Å². The molecule has 1 aromatic carbocycles. The highest BCUT2D eigenvalue weighted by Crippen LogP contribution is 2.33. The Morgan fingerprint density at radius 2 is 2.12 bits per heavy atom. The summed E-state index contributed by atoms with van der Waals surface area (Å²) >= 11 is 6.11. The summed E-state index contributed by atoms with van der Waals surface area (Å²) < 4.78 is 19.0. The second kappa shape index (κ2) is 9.40. The number of carbonyl (C=O) groups is 2. The number of aldehydes is 1. The third-order valence-corrected chi connectivity index (χ3v) is 5.79. The number of benzene rings is 1. The van der Waals surface area contributed by atoms with E-state index >= 15 is 0 Å². The molecule has 1 aliphatic heterocycles. The normalized spacial score (nSPS) is 15.6. The minimum Gasteiger partial charge on any atom is -0.439 e. The molecule has 3 aromatic rings. The first-order valence-corrected chi connectivity index (χ1v) is 10.5. The van der Waals surface area contributed by atoms with Gasteiger partial charge in [0.2, 0.25) is 5.88 Å². The Morgan fingerprint density at radius 3 is 2.84 bits per heavy atom. The zero-order chi connectivity index (χ0) is 22.7. The van der Waals surface area contributed by atoms with Gasteiger partial charge in [0.15, 0.2) is 0 Å². The second-order valence-electron chi connectivity index (χ2n) is 7.41. The summed E-state index contributed by atoms with van der Waals surface area (Å²) in [7, 11) is 0. The van der Waals surface area contributed by atoms with Crippen LogP contribution in [0.2, 0.25) is 5.15 Å². The van der Waals surface area contributed by atoms with Crippen LogP contribution in [-0.2, 0) is 6.42 Å². The first-order valence-electron chi connectivity index (χ1n) is 10.2. The summed E-state index contributed by atoms with van der Waals surface area (Å²) in [5.74, 6) is 0.0542. The molecule has 3 heterocycles. The molecule has 1 atom stereocenters. The monoisotopic (exact) mass is 454 g/mol. The van der Waals surface area contributed by atoms with Gasteiger partial charge in [-0.25, -0.2) is 19.3 Å². The van der Waals surface area contributed by atoms with E-state index in [1.807, 2.05) is 13.0 Å². The smallest absolute Gasteiger partial charge is 0.272 e. The standard InChI is InChI=1S/C23H20ClFN4O3/c1-2-18-21(24)27-13-28-22(18)32-17-4-5-19(15(9-17)12-30)14-7-8-29(11-14)23(31)20-6-3-16(25)10-26-20/h3-6,9-10,12-14H,2,7-8,11H2,1H3. The van der Waals surface area contributed by atoms with Crippen LogP contribution in [0.1, 0.15) is 51.2 Å².